The molecule has 0 aliphatic rings. The van der Waals surface area contributed by atoms with Crippen molar-refractivity contribution in [3.05, 3.63) is 70.6 Å². The Morgan fingerprint density at radius 2 is 1.64 bits per heavy atom. The minimum Gasteiger partial charge on any atom is -0.459 e. The van der Waals surface area contributed by atoms with Gasteiger partial charge in [-0.1, -0.05) is 35.4 Å². The van der Waals surface area contributed by atoms with E-state index in [0.717, 1.165) is 17.3 Å². The molecule has 44 heavy (non-hydrogen) atoms. The molecule has 2 amide bonds. The first kappa shape index (κ1) is 33.8. The van der Waals surface area contributed by atoms with E-state index in [2.05, 4.69) is 10.3 Å². The maximum atomic E-state index is 14.9. The van der Waals surface area contributed by atoms with Gasteiger partial charge in [0.2, 0.25) is 0 Å². The number of benzene rings is 2. The number of furan rings is 1. The Morgan fingerprint density at radius 1 is 0.977 bits per heavy atom. The van der Waals surface area contributed by atoms with E-state index in [9.17, 15) is 35.5 Å². The van der Waals surface area contributed by atoms with Crippen LogP contribution in [0.3, 0.4) is 0 Å². The van der Waals surface area contributed by atoms with Gasteiger partial charge in [0.1, 0.15) is 16.4 Å². The number of hydrogen-bond acceptors (Lipinski definition) is 5. The molecule has 2 aromatic carbocycles. The number of fused-ring (bicyclic) bond motifs is 1. The van der Waals surface area contributed by atoms with Gasteiger partial charge >= 0.3 is 24.1 Å². The van der Waals surface area contributed by atoms with E-state index in [4.69, 9.17) is 16.0 Å². The number of alkyl halides is 7. The highest BCUT2D eigenvalue weighted by atomic mass is 35.5. The van der Waals surface area contributed by atoms with Crippen molar-refractivity contribution < 1.29 is 39.9 Å². The molecule has 0 saturated carbocycles. The molecular weight excluding hydrogens is 655 g/mol. The lowest BCUT2D eigenvalue weighted by Crippen LogP contribution is -2.57. The molecule has 0 fully saturated rings. The molecule has 0 aliphatic carbocycles. The molecule has 2 heterocycles. The lowest BCUT2D eigenvalue weighted by atomic mass is 10.0. The van der Waals surface area contributed by atoms with Gasteiger partial charge in [-0.05, 0) is 62.3 Å². The first-order valence-corrected chi connectivity index (χ1v) is 15.6. The summed E-state index contributed by atoms with van der Waals surface area (Å²) in [4.78, 5) is 18.6. The Morgan fingerprint density at radius 3 is 2.23 bits per heavy atom. The van der Waals surface area contributed by atoms with Gasteiger partial charge in [0.25, 0.3) is 0 Å². The molecule has 0 atom stereocenters. The summed E-state index contributed by atoms with van der Waals surface area (Å²) in [6.07, 6.45) is -3.26. The van der Waals surface area contributed by atoms with Gasteiger partial charge in [0.15, 0.2) is 0 Å². The molecule has 236 valence electrons. The summed E-state index contributed by atoms with van der Waals surface area (Å²) in [6.45, 7) is 0.311. The fourth-order valence-corrected chi connectivity index (χ4v) is 5.88. The number of nitrogens with one attached hydrogen (secondary N) is 1. The van der Waals surface area contributed by atoms with Crippen LogP contribution in [0.25, 0.3) is 22.1 Å². The summed E-state index contributed by atoms with van der Waals surface area (Å²) in [5.74, 6) is -12.3. The van der Waals surface area contributed by atoms with Gasteiger partial charge in [0, 0.05) is 26.6 Å². The van der Waals surface area contributed by atoms with Gasteiger partial charge in [0.05, 0.1) is 18.8 Å². The zero-order valence-electron chi connectivity index (χ0n) is 23.6. The smallest absolute Gasteiger partial charge is 0.459 e. The normalized spacial score (nSPS) is 12.5. The van der Waals surface area contributed by atoms with Crippen LogP contribution in [0.4, 0.5) is 41.2 Å². The van der Waals surface area contributed by atoms with E-state index in [0.29, 0.717) is 32.1 Å². The molecular formula is C29H25ClF7N3O2S2. The summed E-state index contributed by atoms with van der Waals surface area (Å²) >= 11 is 8.34. The van der Waals surface area contributed by atoms with Gasteiger partial charge in [-0.15, -0.1) is 23.5 Å². The number of hydrogen-bond donors (Lipinski definition) is 1. The first-order chi connectivity index (χ1) is 20.5. The molecule has 5 nitrogen and oxygen atoms in total. The van der Waals surface area contributed by atoms with Crippen molar-refractivity contribution >= 4 is 57.8 Å². The first-order valence-electron chi connectivity index (χ1n) is 12.7. The summed E-state index contributed by atoms with van der Waals surface area (Å²) < 4.78 is 103. The molecule has 1 N–H and O–H groups in total. The quantitative estimate of drug-likeness (QED) is 0.141. The van der Waals surface area contributed by atoms with Crippen molar-refractivity contribution in [2.45, 2.75) is 48.3 Å². The monoisotopic (exact) mass is 679 g/mol. The molecule has 2 aromatic heterocycles. The zero-order chi connectivity index (χ0) is 32.6. The summed E-state index contributed by atoms with van der Waals surface area (Å²) in [5, 5.41) is 3.59. The zero-order valence-corrected chi connectivity index (χ0v) is 26.0. The maximum absolute atomic E-state index is 14.9. The van der Waals surface area contributed by atoms with Crippen molar-refractivity contribution in [3.8, 4) is 11.1 Å². The Kier molecular flexibility index (Phi) is 9.77. The highest BCUT2D eigenvalue weighted by Gasteiger charge is 2.73. The number of carbonyl (C=O) groups is 1. The highest BCUT2D eigenvalue weighted by molar-refractivity contribution is 7.99. The number of anilines is 1. The van der Waals surface area contributed by atoms with Crippen molar-refractivity contribution in [3.63, 3.8) is 0 Å². The van der Waals surface area contributed by atoms with Crippen LogP contribution in [-0.4, -0.2) is 53.0 Å². The third-order valence-corrected chi connectivity index (χ3v) is 8.30. The number of pyridine rings is 1. The third kappa shape index (κ3) is 6.76. The van der Waals surface area contributed by atoms with Crippen LogP contribution >= 0.6 is 35.1 Å². The van der Waals surface area contributed by atoms with Crippen LogP contribution in [0.1, 0.15) is 17.0 Å². The van der Waals surface area contributed by atoms with E-state index in [1.165, 1.54) is 11.8 Å². The second-order valence-corrected chi connectivity index (χ2v) is 11.9. The van der Waals surface area contributed by atoms with Crippen LogP contribution < -0.4 is 5.32 Å². The third-order valence-electron chi connectivity index (χ3n) is 6.60. The van der Waals surface area contributed by atoms with E-state index < -0.39 is 37.1 Å². The number of aryl methyl sites for hydroxylation is 2. The molecule has 0 saturated heterocycles. The predicted molar refractivity (Wildman–Crippen MR) is 159 cm³/mol. The average molecular weight is 680 g/mol. The van der Waals surface area contributed by atoms with E-state index >= 15 is 0 Å². The molecule has 15 heteroatoms. The molecule has 4 rings (SSSR count). The second kappa shape index (κ2) is 12.7. The molecule has 0 spiro atoms. The van der Waals surface area contributed by atoms with Crippen LogP contribution in [0.5, 0.6) is 0 Å². The number of aromatic nitrogens is 1. The van der Waals surface area contributed by atoms with E-state index in [-0.39, 0.29) is 27.0 Å². The SMILES string of the molecule is CSc1cc(C)nc(SC)c1NC(=O)N(Cc1oc2ccc(C)cc2c1-c1ccc(Cl)cc1)CC(F)(F)C(F)(F)C(F)(F)F. The average Bonchev–Trinajstić information content (AvgIpc) is 3.29. The van der Waals surface area contributed by atoms with Crippen LogP contribution in [-0.2, 0) is 6.54 Å². The van der Waals surface area contributed by atoms with Crippen LogP contribution in [0, 0.1) is 13.8 Å². The van der Waals surface area contributed by atoms with Gasteiger partial charge < -0.3 is 14.6 Å². The Bertz CT molecular complexity index is 1650. The predicted octanol–water partition coefficient (Wildman–Crippen LogP) is 10.1. The number of amides is 2. The van der Waals surface area contributed by atoms with Crippen molar-refractivity contribution in [1.29, 1.82) is 0 Å². The fraction of sp³-hybridized carbons (Fsp3) is 0.310. The van der Waals surface area contributed by atoms with Crippen molar-refractivity contribution in [1.82, 2.24) is 9.88 Å². The second-order valence-electron chi connectivity index (χ2n) is 9.82. The minimum absolute atomic E-state index is 0.0923. The Hall–Kier alpha value is -3.10. The van der Waals surface area contributed by atoms with E-state index in [1.807, 2.05) is 0 Å². The number of urea groups is 1. The van der Waals surface area contributed by atoms with Crippen LogP contribution in [0.2, 0.25) is 5.02 Å². The molecule has 0 aliphatic heterocycles. The summed E-state index contributed by atoms with van der Waals surface area (Å²) in [6, 6.07) is 11.6. The van der Waals surface area contributed by atoms with Crippen molar-refractivity contribution in [2.75, 3.05) is 24.4 Å². The fourth-order valence-electron chi connectivity index (χ4n) is 4.45. The molecule has 4 aromatic rings. The van der Waals surface area contributed by atoms with Crippen molar-refractivity contribution in [2.24, 2.45) is 0 Å². The van der Waals surface area contributed by atoms with Gasteiger partial charge in [-0.2, -0.15) is 30.7 Å². The largest absolute Gasteiger partial charge is 0.459 e. The number of thioether (sulfide) groups is 2. The Balaban J connectivity index is 1.85. The molecule has 0 unspecified atom stereocenters. The maximum Gasteiger partial charge on any atom is 0.459 e. The van der Waals surface area contributed by atoms with Gasteiger partial charge in [-0.25, -0.2) is 9.78 Å². The standard InChI is InChI=1S/C29H25ClF7N3O2S2/c1-15-5-10-20-19(11-15)23(17-6-8-18(30)9-7-17)21(42-20)13-40(14-27(31,32)28(33,34)29(35,36)37)26(41)39-24-22(43-3)12-16(2)38-25(24)44-4/h5-12H,13-14H2,1-4H3,(H,39,41). The number of nitrogens with zero attached hydrogens (tertiary/aromatic N) is 2. The van der Waals surface area contributed by atoms with Gasteiger partial charge in [-0.3, -0.25) is 0 Å². The van der Waals surface area contributed by atoms with Crippen LogP contribution in [0.15, 0.2) is 62.9 Å². The Labute approximate surface area is 261 Å². The lowest BCUT2D eigenvalue weighted by Gasteiger charge is -2.33. The molecule has 0 bridgehead atoms. The highest BCUT2D eigenvalue weighted by Crippen LogP contribution is 2.47. The number of halogens is 8. The minimum atomic E-state index is -6.58. The summed E-state index contributed by atoms with van der Waals surface area (Å²) in [7, 11) is 0. The lowest BCUT2D eigenvalue weighted by molar-refractivity contribution is -0.355. The topological polar surface area (TPSA) is 58.4 Å². The molecule has 0 radical (unpaired) electrons. The number of rotatable bonds is 9. The van der Waals surface area contributed by atoms with E-state index in [1.54, 1.807) is 74.9 Å². The number of carbonyl (C=O) groups excluding carboxylic acids is 1. The summed E-state index contributed by atoms with van der Waals surface area (Å²) in [5.41, 5.74) is 2.56.